The van der Waals surface area contributed by atoms with Gasteiger partial charge in [-0.25, -0.2) is 4.98 Å². The van der Waals surface area contributed by atoms with Crippen LogP contribution < -0.4 is 0 Å². The normalized spacial score (nSPS) is 18.3. The van der Waals surface area contributed by atoms with Gasteiger partial charge in [0.2, 0.25) is 0 Å². The molecule has 0 spiro atoms. The molecule has 4 heterocycles. The Balaban J connectivity index is 1.92. The number of pyridine rings is 2. The maximum absolute atomic E-state index is 4.96. The van der Waals surface area contributed by atoms with E-state index in [4.69, 9.17) is 4.99 Å². The lowest BCUT2D eigenvalue weighted by atomic mass is 9.91. The topological polar surface area (TPSA) is 29.7 Å². The molecule has 0 saturated heterocycles. The Kier molecular flexibility index (Phi) is 2.15. The smallest absolute Gasteiger partial charge is 0.146 e. The predicted octanol–water partition coefficient (Wildman–Crippen LogP) is 4.94. The summed E-state index contributed by atoms with van der Waals surface area (Å²) in [4.78, 5) is 9.62. The molecule has 1 atom stereocenters. The number of benzene rings is 1. The molecule has 0 amide bonds. The van der Waals surface area contributed by atoms with Crippen LogP contribution in [0.2, 0.25) is 0 Å². The van der Waals surface area contributed by atoms with E-state index in [9.17, 15) is 0 Å². The quantitative estimate of drug-likeness (QED) is 0.452. The second-order valence-electron chi connectivity index (χ2n) is 6.33. The minimum atomic E-state index is 0.232. The van der Waals surface area contributed by atoms with Crippen LogP contribution in [0.3, 0.4) is 0 Å². The number of aromatic nitrogens is 2. The zero-order chi connectivity index (χ0) is 15.7. The van der Waals surface area contributed by atoms with Crippen molar-refractivity contribution in [3.63, 3.8) is 0 Å². The molecule has 1 aromatic carbocycles. The third-order valence-corrected chi connectivity index (χ3v) is 5.06. The number of hydrogen-bond donors (Lipinski definition) is 0. The molecule has 2 aliphatic rings. The largest absolute Gasteiger partial charge is 0.300 e. The molecular weight excluding hydrogens is 294 g/mol. The van der Waals surface area contributed by atoms with E-state index < -0.39 is 0 Å². The predicted molar refractivity (Wildman–Crippen MR) is 98.3 cm³/mol. The second-order valence-corrected chi connectivity index (χ2v) is 6.33. The van der Waals surface area contributed by atoms with Crippen molar-refractivity contribution < 1.29 is 0 Å². The maximum Gasteiger partial charge on any atom is 0.146 e. The summed E-state index contributed by atoms with van der Waals surface area (Å²) in [7, 11) is 0. The second kappa shape index (κ2) is 4.20. The SMILES string of the molecule is C1=CC2=Nc3c(c4c5ccccc5cn4c4ncccc34)C2C=C1. The highest BCUT2D eigenvalue weighted by Gasteiger charge is 2.30. The fourth-order valence-corrected chi connectivity index (χ4v) is 4.06. The summed E-state index contributed by atoms with van der Waals surface area (Å²) in [5.74, 6) is 0.232. The molecule has 0 fully saturated rings. The Labute approximate surface area is 138 Å². The summed E-state index contributed by atoms with van der Waals surface area (Å²) in [5.41, 5.74) is 5.70. The molecule has 1 aliphatic carbocycles. The van der Waals surface area contributed by atoms with E-state index in [-0.39, 0.29) is 5.92 Å². The molecule has 3 heteroatoms. The first-order valence-electron chi connectivity index (χ1n) is 8.16. The van der Waals surface area contributed by atoms with Crippen molar-refractivity contribution in [2.75, 3.05) is 0 Å². The van der Waals surface area contributed by atoms with Crippen LogP contribution in [-0.2, 0) is 0 Å². The lowest BCUT2D eigenvalue weighted by Gasteiger charge is -2.14. The van der Waals surface area contributed by atoms with Crippen molar-refractivity contribution in [3.05, 3.63) is 78.7 Å². The molecule has 0 bridgehead atoms. The number of hydrogen-bond acceptors (Lipinski definition) is 2. The number of allylic oxidation sites excluding steroid dienone is 4. The van der Waals surface area contributed by atoms with Crippen LogP contribution in [0.4, 0.5) is 5.69 Å². The first-order chi connectivity index (χ1) is 11.9. The summed E-state index contributed by atoms with van der Waals surface area (Å²) >= 11 is 0. The molecule has 3 nitrogen and oxygen atoms in total. The van der Waals surface area contributed by atoms with Crippen molar-refractivity contribution >= 4 is 38.7 Å². The maximum atomic E-state index is 4.96. The van der Waals surface area contributed by atoms with E-state index in [0.29, 0.717) is 0 Å². The molecule has 0 radical (unpaired) electrons. The van der Waals surface area contributed by atoms with Gasteiger partial charge in [-0.1, -0.05) is 42.5 Å². The Morgan fingerprint density at radius 1 is 0.958 bits per heavy atom. The van der Waals surface area contributed by atoms with Crippen molar-refractivity contribution in [2.24, 2.45) is 4.99 Å². The van der Waals surface area contributed by atoms with Gasteiger partial charge >= 0.3 is 0 Å². The van der Waals surface area contributed by atoms with Crippen LogP contribution in [0.1, 0.15) is 11.5 Å². The van der Waals surface area contributed by atoms with Crippen LogP contribution >= 0.6 is 0 Å². The fourth-order valence-electron chi connectivity index (χ4n) is 4.06. The summed E-state index contributed by atoms with van der Waals surface area (Å²) < 4.78 is 2.24. The number of rotatable bonds is 0. The van der Waals surface area contributed by atoms with Crippen LogP contribution in [-0.4, -0.2) is 15.1 Å². The molecule has 1 unspecified atom stereocenters. The van der Waals surface area contributed by atoms with E-state index in [2.05, 4.69) is 70.2 Å². The van der Waals surface area contributed by atoms with Gasteiger partial charge in [-0.15, -0.1) is 0 Å². The van der Waals surface area contributed by atoms with Crippen LogP contribution in [0.5, 0.6) is 0 Å². The standard InChI is InChI=1S/C21H13N3/c1-2-7-14-13(6-1)12-24-20(14)18-15-8-3-4-10-17(15)23-19(18)16-9-5-11-22-21(16)24/h1-12,15H. The third kappa shape index (κ3) is 1.38. The van der Waals surface area contributed by atoms with Gasteiger partial charge < -0.3 is 0 Å². The van der Waals surface area contributed by atoms with Gasteiger partial charge in [0.25, 0.3) is 0 Å². The van der Waals surface area contributed by atoms with Gasteiger partial charge in [-0.2, -0.15) is 0 Å². The van der Waals surface area contributed by atoms with Gasteiger partial charge in [-0.05, 0) is 18.2 Å². The first kappa shape index (κ1) is 12.3. The highest BCUT2D eigenvalue weighted by atomic mass is 15.0. The Hall–Kier alpha value is -3.20. The van der Waals surface area contributed by atoms with Crippen molar-refractivity contribution in [3.8, 4) is 0 Å². The van der Waals surface area contributed by atoms with Crippen LogP contribution in [0.15, 0.2) is 78.1 Å². The summed E-state index contributed by atoms with van der Waals surface area (Å²) in [6.07, 6.45) is 12.6. The summed E-state index contributed by atoms with van der Waals surface area (Å²) in [5, 5.41) is 3.62. The number of fused-ring (bicyclic) bond motifs is 10. The molecule has 1 aliphatic heterocycles. The average molecular weight is 307 g/mol. The van der Waals surface area contributed by atoms with Crippen molar-refractivity contribution in [2.45, 2.75) is 5.92 Å². The van der Waals surface area contributed by atoms with Gasteiger partial charge in [-0.3, -0.25) is 9.39 Å². The monoisotopic (exact) mass is 307 g/mol. The van der Waals surface area contributed by atoms with E-state index in [1.54, 1.807) is 0 Å². The molecule has 112 valence electrons. The molecule has 4 aromatic rings. The molecular formula is C21H13N3. The number of aliphatic imine (C=N–C) groups is 1. The zero-order valence-corrected chi connectivity index (χ0v) is 12.8. The third-order valence-electron chi connectivity index (χ3n) is 5.06. The van der Waals surface area contributed by atoms with E-state index in [1.807, 2.05) is 12.3 Å². The van der Waals surface area contributed by atoms with Gasteiger partial charge in [0, 0.05) is 40.0 Å². The van der Waals surface area contributed by atoms with E-state index >= 15 is 0 Å². The van der Waals surface area contributed by atoms with Crippen molar-refractivity contribution in [1.82, 2.24) is 9.38 Å². The number of nitrogens with zero attached hydrogens (tertiary/aromatic N) is 3. The van der Waals surface area contributed by atoms with Crippen LogP contribution in [0, 0.1) is 0 Å². The van der Waals surface area contributed by atoms with Gasteiger partial charge in [0.05, 0.1) is 16.9 Å². The summed E-state index contributed by atoms with van der Waals surface area (Å²) in [6, 6.07) is 12.7. The van der Waals surface area contributed by atoms with E-state index in [1.165, 1.54) is 21.9 Å². The Morgan fingerprint density at radius 3 is 2.88 bits per heavy atom. The Bertz CT molecular complexity index is 1250. The Morgan fingerprint density at radius 2 is 1.88 bits per heavy atom. The summed E-state index contributed by atoms with van der Waals surface area (Å²) in [6.45, 7) is 0. The minimum Gasteiger partial charge on any atom is -0.300 e. The van der Waals surface area contributed by atoms with E-state index in [0.717, 1.165) is 22.4 Å². The molecule has 6 rings (SSSR count). The fraction of sp³-hybridized carbons (Fsp3) is 0.0476. The van der Waals surface area contributed by atoms with Crippen LogP contribution in [0.25, 0.3) is 27.3 Å². The zero-order valence-electron chi connectivity index (χ0n) is 12.8. The minimum absolute atomic E-state index is 0.232. The molecule has 24 heavy (non-hydrogen) atoms. The van der Waals surface area contributed by atoms with Gasteiger partial charge in [0.15, 0.2) is 0 Å². The molecule has 0 saturated carbocycles. The lowest BCUT2D eigenvalue weighted by molar-refractivity contribution is 1.14. The highest BCUT2D eigenvalue weighted by Crippen LogP contribution is 2.46. The lowest BCUT2D eigenvalue weighted by Crippen LogP contribution is -2.06. The average Bonchev–Trinajstić information content (AvgIpc) is 3.20. The molecule has 3 aromatic heterocycles. The highest BCUT2D eigenvalue weighted by molar-refractivity contribution is 6.17. The molecule has 0 N–H and O–H groups in total. The first-order valence-corrected chi connectivity index (χ1v) is 8.16. The van der Waals surface area contributed by atoms with Gasteiger partial charge in [0.1, 0.15) is 5.65 Å². The van der Waals surface area contributed by atoms with Crippen molar-refractivity contribution in [1.29, 1.82) is 0 Å².